The van der Waals surface area contributed by atoms with Crippen molar-refractivity contribution in [1.29, 1.82) is 0 Å². The summed E-state index contributed by atoms with van der Waals surface area (Å²) in [4.78, 5) is 21.7. The Morgan fingerprint density at radius 1 is 0.929 bits per heavy atom. The first-order valence-electron chi connectivity index (χ1n) is 4.99. The zero-order valence-electron chi connectivity index (χ0n) is 8.88. The Balaban J connectivity index is 0.000000364. The molecule has 0 bridgehead atoms. The van der Waals surface area contributed by atoms with Crippen LogP contribution in [0.1, 0.15) is 0 Å². The number of hydrogen-bond acceptors (Lipinski definition) is 3. The van der Waals surface area contributed by atoms with Gasteiger partial charge in [-0.3, -0.25) is 0 Å². The Labute approximate surface area is 89.2 Å². The van der Waals surface area contributed by atoms with Gasteiger partial charge in [0.25, 0.3) is 0 Å². The molecule has 1 aromatic rings. The Bertz CT molecular complexity index is 243. The molecular formula is C9H17O3PZn. The summed E-state index contributed by atoms with van der Waals surface area (Å²) in [5.74, 6) is 0. The van der Waals surface area contributed by atoms with E-state index in [1.54, 1.807) is 4.16 Å². The molecule has 0 radical (unpaired) electrons. The summed E-state index contributed by atoms with van der Waals surface area (Å²) in [5, 5.41) is 0. The van der Waals surface area contributed by atoms with Gasteiger partial charge in [0.05, 0.1) is 0 Å². The Hall–Kier alpha value is 0.153. The van der Waals surface area contributed by atoms with Crippen LogP contribution in [0.3, 0.4) is 0 Å². The number of hydrogen-bond donors (Lipinski definition) is 3. The van der Waals surface area contributed by atoms with Crippen LogP contribution in [0, 0.1) is 0 Å². The molecule has 0 amide bonds. The van der Waals surface area contributed by atoms with E-state index < -0.39 is 23.4 Å². The average Bonchev–Trinajstić information content (AvgIpc) is 2.03. The van der Waals surface area contributed by atoms with Crippen LogP contribution in [-0.4, -0.2) is 14.7 Å². The van der Waals surface area contributed by atoms with E-state index in [2.05, 4.69) is 46.9 Å². The van der Waals surface area contributed by atoms with Crippen molar-refractivity contribution in [3.63, 3.8) is 0 Å². The molecule has 5 heteroatoms. The van der Waals surface area contributed by atoms with Crippen LogP contribution in [0.25, 0.3) is 0 Å². The third-order valence-electron chi connectivity index (χ3n) is 2.07. The van der Waals surface area contributed by atoms with Crippen molar-refractivity contribution in [2.24, 2.45) is 0 Å². The monoisotopic (exact) mass is 268 g/mol. The molecule has 78 valence electrons. The van der Waals surface area contributed by atoms with Crippen LogP contribution in [0.4, 0.5) is 0 Å². The quantitative estimate of drug-likeness (QED) is 0.538. The molecule has 3 nitrogen and oxygen atoms in total. The van der Waals surface area contributed by atoms with Crippen LogP contribution in [0.5, 0.6) is 0 Å². The molecule has 0 aromatic heterocycles. The van der Waals surface area contributed by atoms with Crippen LogP contribution in [0.2, 0.25) is 16.6 Å². The molecule has 0 atom stereocenters. The van der Waals surface area contributed by atoms with Crippen LogP contribution in [0.15, 0.2) is 30.3 Å². The second kappa shape index (κ2) is 6.60. The zero-order chi connectivity index (χ0) is 11.2. The minimum atomic E-state index is -2.62. The maximum atomic E-state index is 7.23. The third-order valence-corrected chi connectivity index (χ3v) is 8.20. The fourth-order valence-corrected chi connectivity index (χ4v) is 4.72. The van der Waals surface area contributed by atoms with E-state index in [4.69, 9.17) is 14.7 Å². The number of benzene rings is 1. The minimum absolute atomic E-state index is 1.62. The molecule has 0 aliphatic heterocycles. The maximum absolute atomic E-state index is 7.23. The number of rotatable bonds is 1. The van der Waals surface area contributed by atoms with Crippen molar-refractivity contribution >= 4 is 12.8 Å². The van der Waals surface area contributed by atoms with E-state index in [0.29, 0.717) is 0 Å². The van der Waals surface area contributed by atoms with E-state index in [1.165, 1.54) is 0 Å². The van der Waals surface area contributed by atoms with Crippen molar-refractivity contribution in [1.82, 2.24) is 0 Å². The Morgan fingerprint density at radius 3 is 1.50 bits per heavy atom. The second-order valence-corrected chi connectivity index (χ2v) is 20.5. The molecule has 14 heavy (non-hydrogen) atoms. The van der Waals surface area contributed by atoms with E-state index in [0.717, 1.165) is 0 Å². The summed E-state index contributed by atoms with van der Waals surface area (Å²) < 4.78 is 1.62. The predicted octanol–water partition coefficient (Wildman–Crippen LogP) is 1.80. The first kappa shape index (κ1) is 14.2. The Kier molecular flexibility index (Phi) is 6.68. The fraction of sp³-hybridized carbons (Fsp3) is 0.333. The van der Waals surface area contributed by atoms with Gasteiger partial charge in [-0.25, -0.2) is 0 Å². The van der Waals surface area contributed by atoms with Gasteiger partial charge in [-0.2, -0.15) is 0 Å². The van der Waals surface area contributed by atoms with E-state index in [1.807, 2.05) is 0 Å². The third kappa shape index (κ3) is 7.55. The molecule has 0 spiro atoms. The molecule has 0 fully saturated rings. The van der Waals surface area contributed by atoms with Gasteiger partial charge in [0, 0.05) is 0 Å². The van der Waals surface area contributed by atoms with Gasteiger partial charge in [-0.1, -0.05) is 0 Å². The summed E-state index contributed by atoms with van der Waals surface area (Å²) in [6.45, 7) is 0. The SMILES string of the molecule is OP(O)O.[CH3][Zn]([CH3])([CH3])[c]1ccccc1. The first-order valence-corrected chi connectivity index (χ1v) is 16.6. The van der Waals surface area contributed by atoms with Gasteiger partial charge in [0.1, 0.15) is 0 Å². The fourth-order valence-electron chi connectivity index (χ4n) is 1.19. The molecule has 1 aromatic carbocycles. The van der Waals surface area contributed by atoms with E-state index >= 15 is 0 Å². The van der Waals surface area contributed by atoms with E-state index in [-0.39, 0.29) is 0 Å². The molecular weight excluding hydrogens is 252 g/mol. The van der Waals surface area contributed by atoms with Crippen molar-refractivity contribution in [3.05, 3.63) is 30.3 Å². The molecule has 0 aliphatic rings. The van der Waals surface area contributed by atoms with Crippen molar-refractivity contribution < 1.29 is 29.5 Å². The van der Waals surface area contributed by atoms with Gasteiger partial charge in [-0.15, -0.1) is 0 Å². The second-order valence-electron chi connectivity index (χ2n) is 4.94. The summed E-state index contributed by atoms with van der Waals surface area (Å²) >= 11 is -1.80. The van der Waals surface area contributed by atoms with Gasteiger partial charge in [0.15, 0.2) is 0 Å². The van der Waals surface area contributed by atoms with Gasteiger partial charge >= 0.3 is 74.4 Å². The van der Waals surface area contributed by atoms with Crippen LogP contribution >= 0.6 is 8.60 Å². The molecule has 0 heterocycles. The molecule has 0 saturated carbocycles. The normalized spacial score (nSPS) is 9.64. The van der Waals surface area contributed by atoms with Crippen molar-refractivity contribution in [3.8, 4) is 0 Å². The van der Waals surface area contributed by atoms with Crippen LogP contribution < -0.4 is 4.16 Å². The summed E-state index contributed by atoms with van der Waals surface area (Å²) in [7, 11) is -2.62. The van der Waals surface area contributed by atoms with E-state index in [9.17, 15) is 0 Å². The molecule has 0 saturated heterocycles. The predicted molar refractivity (Wildman–Crippen MR) is 57.2 cm³/mol. The van der Waals surface area contributed by atoms with Crippen molar-refractivity contribution in [2.45, 2.75) is 16.6 Å². The summed E-state index contributed by atoms with van der Waals surface area (Å²) in [6.07, 6.45) is 0. The molecule has 0 unspecified atom stereocenters. The first-order chi connectivity index (χ1) is 6.34. The standard InChI is InChI=1S/C6H5.3CH3.H3O3P.Zn/c1-2-4-6-5-3-1;;;;1-4(2)3;/h1-5H;3*1H3;1-3H;. The van der Waals surface area contributed by atoms with Crippen molar-refractivity contribution in [2.75, 3.05) is 0 Å². The zero-order valence-corrected chi connectivity index (χ0v) is 12.7. The molecule has 3 N–H and O–H groups in total. The van der Waals surface area contributed by atoms with Gasteiger partial charge < -0.3 is 14.7 Å². The van der Waals surface area contributed by atoms with Gasteiger partial charge in [0.2, 0.25) is 0 Å². The summed E-state index contributed by atoms with van der Waals surface area (Å²) in [5.41, 5.74) is 7.33. The average molecular weight is 270 g/mol. The van der Waals surface area contributed by atoms with Gasteiger partial charge in [-0.05, 0) is 0 Å². The summed E-state index contributed by atoms with van der Waals surface area (Å²) in [6, 6.07) is 10.9. The Morgan fingerprint density at radius 2 is 1.29 bits per heavy atom. The van der Waals surface area contributed by atoms with Crippen LogP contribution in [-0.2, 0) is 14.8 Å². The topological polar surface area (TPSA) is 60.7 Å². The molecule has 0 aliphatic carbocycles. The molecule has 1 rings (SSSR count).